The van der Waals surface area contributed by atoms with Gasteiger partial charge in [0.15, 0.2) is 0 Å². The third kappa shape index (κ3) is 3.75. The highest BCUT2D eigenvalue weighted by atomic mass is 19.1. The van der Waals surface area contributed by atoms with Crippen molar-refractivity contribution in [3.63, 3.8) is 0 Å². The van der Waals surface area contributed by atoms with E-state index in [9.17, 15) is 13.6 Å². The first-order valence-corrected chi connectivity index (χ1v) is 6.62. The average Bonchev–Trinajstić information content (AvgIpc) is 2.44. The summed E-state index contributed by atoms with van der Waals surface area (Å²) in [6.45, 7) is 1.94. The Bertz CT molecular complexity index is 704. The minimum absolute atomic E-state index is 0.125. The molecule has 0 aliphatic rings. The van der Waals surface area contributed by atoms with Crippen molar-refractivity contribution in [3.8, 4) is 0 Å². The van der Waals surface area contributed by atoms with Gasteiger partial charge in [-0.3, -0.25) is 4.79 Å². The molecule has 0 fully saturated rings. The summed E-state index contributed by atoms with van der Waals surface area (Å²) in [7, 11) is 3.62. The number of benzene rings is 1. The lowest BCUT2D eigenvalue weighted by molar-refractivity contribution is 0.0946. The van der Waals surface area contributed by atoms with Gasteiger partial charge in [-0.25, -0.2) is 18.7 Å². The van der Waals surface area contributed by atoms with Gasteiger partial charge in [-0.2, -0.15) is 0 Å². The number of halogens is 2. The quantitative estimate of drug-likeness (QED) is 0.939. The summed E-state index contributed by atoms with van der Waals surface area (Å²) in [4.78, 5) is 22.2. The van der Waals surface area contributed by atoms with Gasteiger partial charge in [-0.05, 0) is 25.1 Å². The smallest absolute Gasteiger partial charge is 0.254 e. The van der Waals surface area contributed by atoms with Gasteiger partial charge in [0.05, 0.1) is 17.8 Å². The maximum Gasteiger partial charge on any atom is 0.254 e. The predicted molar refractivity (Wildman–Crippen MR) is 78.6 cm³/mol. The van der Waals surface area contributed by atoms with Crippen molar-refractivity contribution in [3.05, 3.63) is 52.9 Å². The minimum Gasteiger partial charge on any atom is -0.347 e. The van der Waals surface area contributed by atoms with Gasteiger partial charge in [-0.1, -0.05) is 0 Å². The van der Waals surface area contributed by atoms with Crippen molar-refractivity contribution >= 4 is 11.9 Å². The average molecular weight is 306 g/mol. The third-order valence-electron chi connectivity index (χ3n) is 2.90. The molecule has 1 aromatic heterocycles. The highest BCUT2D eigenvalue weighted by molar-refractivity contribution is 5.94. The van der Waals surface area contributed by atoms with Crippen molar-refractivity contribution in [2.75, 3.05) is 19.0 Å². The molecule has 0 bridgehead atoms. The van der Waals surface area contributed by atoms with Crippen LogP contribution >= 0.6 is 0 Å². The first-order chi connectivity index (χ1) is 10.4. The molecule has 5 nitrogen and oxygen atoms in total. The second-order valence-electron chi connectivity index (χ2n) is 5.00. The van der Waals surface area contributed by atoms with Crippen LogP contribution in [0.15, 0.2) is 24.3 Å². The molecule has 2 aromatic rings. The number of aryl methyl sites for hydroxylation is 1. The second-order valence-corrected chi connectivity index (χ2v) is 5.00. The third-order valence-corrected chi connectivity index (χ3v) is 2.90. The van der Waals surface area contributed by atoms with Crippen LogP contribution in [0.5, 0.6) is 0 Å². The number of hydrogen-bond acceptors (Lipinski definition) is 4. The van der Waals surface area contributed by atoms with E-state index in [1.165, 1.54) is 0 Å². The van der Waals surface area contributed by atoms with Crippen LogP contribution in [0.1, 0.15) is 21.7 Å². The first-order valence-electron chi connectivity index (χ1n) is 6.62. The molecule has 0 aliphatic carbocycles. The molecule has 0 atom stereocenters. The number of carbonyl (C=O) groups excluding carboxylic acids is 1. The lowest BCUT2D eigenvalue weighted by atomic mass is 10.2. The van der Waals surface area contributed by atoms with Crippen LogP contribution in [-0.4, -0.2) is 30.0 Å². The number of hydrogen-bond donors (Lipinski definition) is 1. The van der Waals surface area contributed by atoms with Crippen LogP contribution in [0.25, 0.3) is 0 Å². The molecule has 0 aliphatic heterocycles. The summed E-state index contributed by atoms with van der Waals surface area (Å²) in [6.07, 6.45) is 0. The molecule has 7 heteroatoms. The lowest BCUT2D eigenvalue weighted by Gasteiger charge is -2.13. The number of aromatic nitrogens is 2. The summed E-state index contributed by atoms with van der Waals surface area (Å²) >= 11 is 0. The van der Waals surface area contributed by atoms with E-state index in [1.54, 1.807) is 11.0 Å². The van der Waals surface area contributed by atoms with E-state index in [1.807, 2.05) is 21.0 Å². The van der Waals surface area contributed by atoms with Crippen molar-refractivity contribution in [1.29, 1.82) is 0 Å². The molecular weight excluding hydrogens is 290 g/mol. The molecule has 0 spiro atoms. The van der Waals surface area contributed by atoms with Gasteiger partial charge in [0.25, 0.3) is 5.91 Å². The minimum atomic E-state index is -0.898. The molecule has 1 aromatic carbocycles. The van der Waals surface area contributed by atoms with Gasteiger partial charge in [0, 0.05) is 25.9 Å². The topological polar surface area (TPSA) is 58.1 Å². The maximum absolute atomic E-state index is 13.5. The van der Waals surface area contributed by atoms with E-state index in [0.717, 1.165) is 17.8 Å². The van der Waals surface area contributed by atoms with E-state index in [2.05, 4.69) is 15.3 Å². The highest BCUT2D eigenvalue weighted by Gasteiger charge is 2.13. The van der Waals surface area contributed by atoms with Crippen molar-refractivity contribution in [1.82, 2.24) is 15.3 Å². The van der Waals surface area contributed by atoms with Crippen LogP contribution in [0.4, 0.5) is 14.7 Å². The fraction of sp³-hybridized carbons (Fsp3) is 0.267. The molecule has 2 rings (SSSR count). The SMILES string of the molecule is Cc1cc(CNC(=O)c2ccc(F)cc2F)nc(N(C)C)n1. The largest absolute Gasteiger partial charge is 0.347 e. The number of carbonyl (C=O) groups is 1. The van der Waals surface area contributed by atoms with Gasteiger partial charge in [0.2, 0.25) is 5.95 Å². The van der Waals surface area contributed by atoms with Gasteiger partial charge >= 0.3 is 0 Å². The molecule has 1 amide bonds. The van der Waals surface area contributed by atoms with Crippen LogP contribution in [0.3, 0.4) is 0 Å². The Balaban J connectivity index is 2.11. The number of nitrogens with one attached hydrogen (secondary N) is 1. The van der Waals surface area contributed by atoms with Crippen LogP contribution in [0, 0.1) is 18.6 Å². The summed E-state index contributed by atoms with van der Waals surface area (Å²) in [5.74, 6) is -1.72. The Kier molecular flexibility index (Phi) is 4.65. The van der Waals surface area contributed by atoms with E-state index in [0.29, 0.717) is 17.7 Å². The Morgan fingerprint density at radius 2 is 1.95 bits per heavy atom. The molecular formula is C15H16F2N4O. The van der Waals surface area contributed by atoms with E-state index < -0.39 is 17.5 Å². The summed E-state index contributed by atoms with van der Waals surface area (Å²) in [5.41, 5.74) is 1.16. The highest BCUT2D eigenvalue weighted by Crippen LogP contribution is 2.10. The molecule has 1 heterocycles. The Hall–Kier alpha value is -2.57. The van der Waals surface area contributed by atoms with Gasteiger partial charge in [-0.15, -0.1) is 0 Å². The first kappa shape index (κ1) is 15.8. The van der Waals surface area contributed by atoms with Crippen molar-refractivity contribution < 1.29 is 13.6 Å². The van der Waals surface area contributed by atoms with E-state index in [-0.39, 0.29) is 12.1 Å². The van der Waals surface area contributed by atoms with Crippen LogP contribution in [-0.2, 0) is 6.54 Å². The number of amides is 1. The Labute approximate surface area is 127 Å². The molecule has 0 saturated heterocycles. The van der Waals surface area contributed by atoms with Crippen LogP contribution < -0.4 is 10.2 Å². The van der Waals surface area contributed by atoms with Crippen molar-refractivity contribution in [2.24, 2.45) is 0 Å². The zero-order valence-corrected chi connectivity index (χ0v) is 12.5. The molecule has 0 radical (unpaired) electrons. The zero-order chi connectivity index (χ0) is 16.3. The summed E-state index contributed by atoms with van der Waals surface area (Å²) < 4.78 is 26.4. The monoisotopic (exact) mass is 306 g/mol. The second kappa shape index (κ2) is 6.46. The fourth-order valence-electron chi connectivity index (χ4n) is 1.85. The van der Waals surface area contributed by atoms with Crippen LogP contribution in [0.2, 0.25) is 0 Å². The number of anilines is 1. The predicted octanol–water partition coefficient (Wildman–Crippen LogP) is 2.06. The standard InChI is InChI=1S/C15H16F2N4O/c1-9-6-11(20-15(19-9)21(2)3)8-18-14(22)12-5-4-10(16)7-13(12)17/h4-7H,8H2,1-3H3,(H,18,22). The summed E-state index contributed by atoms with van der Waals surface area (Å²) in [5, 5.41) is 2.56. The van der Waals surface area contributed by atoms with Gasteiger partial charge < -0.3 is 10.2 Å². The Morgan fingerprint density at radius 3 is 2.59 bits per heavy atom. The Morgan fingerprint density at radius 1 is 1.23 bits per heavy atom. The number of rotatable bonds is 4. The van der Waals surface area contributed by atoms with E-state index in [4.69, 9.17) is 0 Å². The molecule has 0 unspecified atom stereocenters. The molecule has 1 N–H and O–H groups in total. The van der Waals surface area contributed by atoms with Crippen molar-refractivity contribution in [2.45, 2.75) is 13.5 Å². The molecule has 22 heavy (non-hydrogen) atoms. The summed E-state index contributed by atoms with van der Waals surface area (Å²) in [6, 6.07) is 4.55. The molecule has 0 saturated carbocycles. The maximum atomic E-state index is 13.5. The zero-order valence-electron chi connectivity index (χ0n) is 12.5. The fourth-order valence-corrected chi connectivity index (χ4v) is 1.85. The lowest BCUT2D eigenvalue weighted by Crippen LogP contribution is -2.25. The molecule has 116 valence electrons. The van der Waals surface area contributed by atoms with Gasteiger partial charge in [0.1, 0.15) is 11.6 Å². The van der Waals surface area contributed by atoms with E-state index >= 15 is 0 Å². The number of nitrogens with zero attached hydrogens (tertiary/aromatic N) is 3. The normalized spacial score (nSPS) is 10.4.